The van der Waals surface area contributed by atoms with Gasteiger partial charge in [0.05, 0.1) is 28.4 Å². The molecule has 4 nitrogen and oxygen atoms in total. The second-order valence-electron chi connectivity index (χ2n) is 6.20. The summed E-state index contributed by atoms with van der Waals surface area (Å²) >= 11 is 13.9. The molecular formula is C16H23Cl2N3OS+2. The van der Waals surface area contributed by atoms with E-state index in [0.717, 1.165) is 18.7 Å². The molecule has 23 heavy (non-hydrogen) atoms. The first-order valence-corrected chi connectivity index (χ1v) is 9.82. The molecule has 2 aliphatic rings. The van der Waals surface area contributed by atoms with Crippen molar-refractivity contribution in [3.05, 3.63) is 33.8 Å². The van der Waals surface area contributed by atoms with Crippen molar-refractivity contribution in [1.82, 2.24) is 4.90 Å². The molecule has 0 bridgehead atoms. The molecule has 0 saturated carbocycles. The zero-order chi connectivity index (χ0) is 16.4. The third kappa shape index (κ3) is 3.97. The maximum absolute atomic E-state index is 12.5. The molecule has 0 unspecified atom stereocenters. The number of nitrogens with two attached hydrogens (primary N) is 1. The normalized spacial score (nSPS) is 26.0. The number of amides is 1. The van der Waals surface area contributed by atoms with Gasteiger partial charge in [-0.1, -0.05) is 29.3 Å². The summed E-state index contributed by atoms with van der Waals surface area (Å²) in [6, 6.07) is 5.69. The smallest absolute Gasteiger partial charge is 0.236 e. The lowest BCUT2D eigenvalue weighted by atomic mass is 10.2. The molecule has 7 heteroatoms. The van der Waals surface area contributed by atoms with Gasteiger partial charge in [0.2, 0.25) is 5.91 Å². The van der Waals surface area contributed by atoms with E-state index in [2.05, 4.69) is 5.32 Å². The number of nitrogens with one attached hydrogen (secondary N) is 1. The van der Waals surface area contributed by atoms with Gasteiger partial charge in [0.1, 0.15) is 31.6 Å². The van der Waals surface area contributed by atoms with Gasteiger partial charge in [-0.15, -0.1) is 11.8 Å². The molecule has 1 amide bonds. The van der Waals surface area contributed by atoms with Crippen LogP contribution in [0.15, 0.2) is 18.2 Å². The van der Waals surface area contributed by atoms with Crippen molar-refractivity contribution in [2.24, 2.45) is 0 Å². The first-order valence-electron chi connectivity index (χ1n) is 8.12. The molecule has 2 heterocycles. The highest BCUT2D eigenvalue weighted by Gasteiger charge is 2.39. The number of quaternary nitrogens is 2. The van der Waals surface area contributed by atoms with Crippen molar-refractivity contribution < 1.29 is 15.0 Å². The molecule has 0 spiro atoms. The van der Waals surface area contributed by atoms with E-state index >= 15 is 0 Å². The third-order valence-corrected chi connectivity index (χ3v) is 6.72. The van der Waals surface area contributed by atoms with E-state index in [0.29, 0.717) is 10.0 Å². The van der Waals surface area contributed by atoms with Crippen molar-refractivity contribution in [2.45, 2.75) is 17.5 Å². The summed E-state index contributed by atoms with van der Waals surface area (Å²) in [6.07, 6.45) is 0. The van der Waals surface area contributed by atoms with Crippen LogP contribution >= 0.6 is 35.0 Å². The molecule has 1 aromatic carbocycles. The molecule has 126 valence electrons. The van der Waals surface area contributed by atoms with E-state index < -0.39 is 0 Å². The van der Waals surface area contributed by atoms with E-state index in [9.17, 15) is 4.79 Å². The van der Waals surface area contributed by atoms with Gasteiger partial charge in [-0.3, -0.25) is 4.79 Å². The maximum atomic E-state index is 12.5. The Labute approximate surface area is 151 Å². The number of nitrogens with zero attached hydrogens (tertiary/aromatic N) is 1. The molecule has 0 radical (unpaired) electrons. The van der Waals surface area contributed by atoms with Crippen molar-refractivity contribution in [1.29, 1.82) is 0 Å². The minimum atomic E-state index is -0.000794. The fourth-order valence-corrected chi connectivity index (χ4v) is 4.84. The van der Waals surface area contributed by atoms with Crippen molar-refractivity contribution >= 4 is 40.9 Å². The van der Waals surface area contributed by atoms with Gasteiger partial charge in [-0.2, -0.15) is 0 Å². The number of carbonyl (C=O) groups excluding carboxylic acids is 1. The van der Waals surface area contributed by atoms with Gasteiger partial charge in [0, 0.05) is 0 Å². The average molecular weight is 376 g/mol. The highest BCUT2D eigenvalue weighted by atomic mass is 35.5. The summed E-state index contributed by atoms with van der Waals surface area (Å²) in [6.45, 7) is 8.54. The summed E-state index contributed by atoms with van der Waals surface area (Å²) in [5, 5.41) is 3.51. The number of piperazine rings is 1. The fraction of sp³-hybridized carbons (Fsp3) is 0.562. The third-order valence-electron chi connectivity index (χ3n) is 4.59. The first-order chi connectivity index (χ1) is 11.1. The lowest BCUT2D eigenvalue weighted by Gasteiger charge is -2.28. The predicted molar refractivity (Wildman–Crippen MR) is 95.2 cm³/mol. The van der Waals surface area contributed by atoms with Crippen LogP contribution < -0.4 is 10.2 Å². The Morgan fingerprint density at radius 3 is 2.74 bits per heavy atom. The lowest BCUT2D eigenvalue weighted by Crippen LogP contribution is -3.20. The Hall–Kier alpha value is -0.460. The Morgan fingerprint density at radius 1 is 1.30 bits per heavy atom. The Balaban J connectivity index is 1.72. The molecule has 3 N–H and O–H groups in total. The molecular weight excluding hydrogens is 353 g/mol. The fourth-order valence-electron chi connectivity index (χ4n) is 3.24. The maximum Gasteiger partial charge on any atom is 0.236 e. The topological polar surface area (TPSA) is 41.4 Å². The zero-order valence-corrected chi connectivity index (χ0v) is 15.6. The highest BCUT2D eigenvalue weighted by molar-refractivity contribution is 8.01. The standard InChI is InChI=1S/C16H21Cl2N3OS/c1-11-15(22)21(9-8-20-6-4-19-5-7-20)16(23-11)12-2-3-13(17)14(18)10-12/h2-3,10-11,16,19H,4-9H2,1H3/p+2/t11-,16-/m0/s1. The Kier molecular flexibility index (Phi) is 5.75. The van der Waals surface area contributed by atoms with Gasteiger partial charge in [-0.25, -0.2) is 0 Å². The van der Waals surface area contributed by atoms with E-state index in [1.165, 1.54) is 26.2 Å². The van der Waals surface area contributed by atoms with Crippen molar-refractivity contribution in [2.75, 3.05) is 39.3 Å². The monoisotopic (exact) mass is 375 g/mol. The van der Waals surface area contributed by atoms with Crippen LogP contribution in [0.5, 0.6) is 0 Å². The SMILES string of the molecule is C[C@@H]1S[C@@H](c2ccc(Cl)c(Cl)c2)N(CC[NH+]2CC[NH2+]CC2)C1=O. The molecule has 0 aliphatic carbocycles. The molecule has 0 aromatic heterocycles. The quantitative estimate of drug-likeness (QED) is 0.800. The number of benzene rings is 1. The minimum absolute atomic E-state index is 0.000794. The second kappa shape index (κ2) is 7.62. The van der Waals surface area contributed by atoms with E-state index in [-0.39, 0.29) is 16.5 Å². The van der Waals surface area contributed by atoms with Crippen LogP contribution in [0.2, 0.25) is 10.0 Å². The zero-order valence-electron chi connectivity index (χ0n) is 13.2. The predicted octanol–water partition coefficient (Wildman–Crippen LogP) is 0.418. The minimum Gasteiger partial charge on any atom is -0.337 e. The number of hydrogen-bond donors (Lipinski definition) is 2. The molecule has 1 aromatic rings. The van der Waals surface area contributed by atoms with E-state index in [4.69, 9.17) is 23.2 Å². The van der Waals surface area contributed by atoms with Gasteiger partial charge < -0.3 is 15.1 Å². The summed E-state index contributed by atoms with van der Waals surface area (Å²) < 4.78 is 0. The number of rotatable bonds is 4. The molecule has 2 fully saturated rings. The van der Waals surface area contributed by atoms with Crippen molar-refractivity contribution in [3.63, 3.8) is 0 Å². The number of hydrogen-bond acceptors (Lipinski definition) is 2. The summed E-state index contributed by atoms with van der Waals surface area (Å²) in [7, 11) is 0. The highest BCUT2D eigenvalue weighted by Crippen LogP contribution is 2.43. The number of halogens is 2. The van der Waals surface area contributed by atoms with Crippen LogP contribution in [0.4, 0.5) is 0 Å². The summed E-state index contributed by atoms with van der Waals surface area (Å²) in [5.74, 6) is 0.231. The van der Waals surface area contributed by atoms with Gasteiger partial charge in [-0.05, 0) is 24.6 Å². The van der Waals surface area contributed by atoms with Gasteiger partial charge >= 0.3 is 0 Å². The van der Waals surface area contributed by atoms with Crippen LogP contribution in [0, 0.1) is 0 Å². The van der Waals surface area contributed by atoms with Crippen LogP contribution in [-0.2, 0) is 4.79 Å². The van der Waals surface area contributed by atoms with Crippen LogP contribution in [0.25, 0.3) is 0 Å². The molecule has 2 atom stereocenters. The van der Waals surface area contributed by atoms with E-state index in [1.54, 1.807) is 16.7 Å². The van der Waals surface area contributed by atoms with Gasteiger partial charge in [0.25, 0.3) is 0 Å². The first kappa shape index (κ1) is 17.4. The van der Waals surface area contributed by atoms with Crippen LogP contribution in [-0.4, -0.2) is 55.3 Å². The molecule has 2 saturated heterocycles. The van der Waals surface area contributed by atoms with Crippen molar-refractivity contribution in [3.8, 4) is 0 Å². The van der Waals surface area contributed by atoms with Crippen LogP contribution in [0.1, 0.15) is 17.9 Å². The largest absolute Gasteiger partial charge is 0.337 e. The Morgan fingerprint density at radius 2 is 2.04 bits per heavy atom. The lowest BCUT2D eigenvalue weighted by molar-refractivity contribution is -0.946. The second-order valence-corrected chi connectivity index (χ2v) is 8.44. The van der Waals surface area contributed by atoms with Crippen LogP contribution in [0.3, 0.4) is 0 Å². The summed E-state index contributed by atoms with van der Waals surface area (Å²) in [5.41, 5.74) is 1.06. The molecule has 2 aliphatic heterocycles. The molecule has 3 rings (SSSR count). The van der Waals surface area contributed by atoms with Gasteiger partial charge in [0.15, 0.2) is 0 Å². The van der Waals surface area contributed by atoms with E-state index in [1.807, 2.05) is 30.0 Å². The summed E-state index contributed by atoms with van der Waals surface area (Å²) in [4.78, 5) is 16.2. The number of thioether (sulfide) groups is 1. The number of carbonyl (C=O) groups is 1. The Bertz CT molecular complexity index is 580. The average Bonchev–Trinajstić information content (AvgIpc) is 2.84.